The van der Waals surface area contributed by atoms with Crippen molar-refractivity contribution < 1.29 is 27.5 Å². The number of ether oxygens (including phenoxy) is 2. The van der Waals surface area contributed by atoms with E-state index in [1.165, 1.54) is 4.31 Å². The summed E-state index contributed by atoms with van der Waals surface area (Å²) in [7, 11) is -3.61. The van der Waals surface area contributed by atoms with Crippen LogP contribution in [-0.4, -0.2) is 56.8 Å². The summed E-state index contributed by atoms with van der Waals surface area (Å²) in [5.74, 6) is 0.663. The van der Waals surface area contributed by atoms with Gasteiger partial charge in [0.1, 0.15) is 6.04 Å². The number of benzene rings is 2. The van der Waals surface area contributed by atoms with Gasteiger partial charge in [-0.15, -0.1) is 0 Å². The zero-order valence-corrected chi connectivity index (χ0v) is 23.7. The molecule has 9 nitrogen and oxygen atoms in total. The lowest BCUT2D eigenvalue weighted by molar-refractivity contribution is -0.141. The van der Waals surface area contributed by atoms with Gasteiger partial charge < -0.3 is 19.7 Å². The molecule has 0 saturated heterocycles. The number of hydrogen-bond donors (Lipinski definition) is 1. The number of aryl methyl sites for hydroxylation is 1. The molecule has 1 heterocycles. The molecule has 0 bridgehead atoms. The van der Waals surface area contributed by atoms with Crippen LogP contribution in [0.25, 0.3) is 0 Å². The van der Waals surface area contributed by atoms with Gasteiger partial charge in [-0.05, 0) is 50.8 Å². The van der Waals surface area contributed by atoms with Crippen molar-refractivity contribution in [1.82, 2.24) is 10.2 Å². The number of anilines is 1. The van der Waals surface area contributed by atoms with Crippen LogP contribution in [0.2, 0.25) is 0 Å². The summed E-state index contributed by atoms with van der Waals surface area (Å²) in [6.07, 6.45) is 2.76. The van der Waals surface area contributed by atoms with Gasteiger partial charge in [-0.3, -0.25) is 13.9 Å². The highest BCUT2D eigenvalue weighted by Crippen LogP contribution is 2.36. The van der Waals surface area contributed by atoms with Crippen LogP contribution in [0, 0.1) is 6.92 Å². The smallest absolute Gasteiger partial charge is 0.243 e. The molecule has 1 aliphatic rings. The first kappa shape index (κ1) is 29.3. The number of carbonyl (C=O) groups is 2. The lowest BCUT2D eigenvalue weighted by atomic mass is 10.1. The van der Waals surface area contributed by atoms with Crippen molar-refractivity contribution in [2.45, 2.75) is 72.0 Å². The topological polar surface area (TPSA) is 105 Å². The molecule has 0 radical (unpaired) electrons. The van der Waals surface area contributed by atoms with E-state index in [0.717, 1.165) is 23.8 Å². The number of amides is 2. The van der Waals surface area contributed by atoms with Gasteiger partial charge in [0.05, 0.1) is 11.9 Å². The fourth-order valence-corrected chi connectivity index (χ4v) is 5.25. The largest absolute Gasteiger partial charge is 0.454 e. The maximum Gasteiger partial charge on any atom is 0.243 e. The van der Waals surface area contributed by atoms with E-state index in [1.54, 1.807) is 23.1 Å². The number of nitrogens with zero attached hydrogens (tertiary/aromatic N) is 2. The molecule has 0 aliphatic carbocycles. The van der Waals surface area contributed by atoms with Gasteiger partial charge in [0.25, 0.3) is 0 Å². The minimum atomic E-state index is -3.61. The minimum Gasteiger partial charge on any atom is -0.454 e. The lowest BCUT2D eigenvalue weighted by Gasteiger charge is -2.32. The van der Waals surface area contributed by atoms with Crippen LogP contribution in [0.4, 0.5) is 5.69 Å². The normalized spacial score (nSPS) is 14.0. The van der Waals surface area contributed by atoms with Crippen LogP contribution in [0.15, 0.2) is 42.5 Å². The van der Waals surface area contributed by atoms with Gasteiger partial charge in [0.15, 0.2) is 11.5 Å². The maximum atomic E-state index is 13.5. The van der Waals surface area contributed by atoms with Crippen molar-refractivity contribution in [2.75, 3.05) is 23.9 Å². The zero-order chi connectivity index (χ0) is 27.9. The highest BCUT2D eigenvalue weighted by Gasteiger charge is 2.29. The SMILES string of the molecule is CC[C@H](C(=O)N[C@@H](C)CC)N(Cc1ccc(C)cc1)C(=O)CCCN(c1ccc2c(c1)OCO2)S(C)(=O)=O. The summed E-state index contributed by atoms with van der Waals surface area (Å²) in [4.78, 5) is 28.3. The van der Waals surface area contributed by atoms with Crippen LogP contribution in [-0.2, 0) is 26.2 Å². The fourth-order valence-electron chi connectivity index (χ4n) is 4.30. The van der Waals surface area contributed by atoms with Crippen LogP contribution < -0.4 is 19.1 Å². The van der Waals surface area contributed by atoms with E-state index in [0.29, 0.717) is 30.2 Å². The van der Waals surface area contributed by atoms with Crippen molar-refractivity contribution >= 4 is 27.5 Å². The van der Waals surface area contributed by atoms with E-state index < -0.39 is 16.1 Å². The van der Waals surface area contributed by atoms with Crippen molar-refractivity contribution in [2.24, 2.45) is 0 Å². The summed E-state index contributed by atoms with van der Waals surface area (Å²) in [5.41, 5.74) is 2.48. The number of sulfonamides is 1. The van der Waals surface area contributed by atoms with Crippen LogP contribution in [0.1, 0.15) is 57.6 Å². The zero-order valence-electron chi connectivity index (χ0n) is 22.9. The number of nitrogens with one attached hydrogen (secondary N) is 1. The Morgan fingerprint density at radius 2 is 1.71 bits per heavy atom. The first-order valence-electron chi connectivity index (χ1n) is 13.1. The van der Waals surface area contributed by atoms with Crippen LogP contribution >= 0.6 is 0 Å². The molecule has 2 amide bonds. The number of hydrogen-bond acceptors (Lipinski definition) is 6. The first-order chi connectivity index (χ1) is 18.0. The van der Waals surface area contributed by atoms with Crippen LogP contribution in [0.5, 0.6) is 11.5 Å². The number of carbonyl (C=O) groups excluding carboxylic acids is 2. The molecular formula is C28H39N3O6S. The third-order valence-electron chi connectivity index (χ3n) is 6.66. The Morgan fingerprint density at radius 1 is 1.03 bits per heavy atom. The molecule has 38 heavy (non-hydrogen) atoms. The summed E-state index contributed by atoms with van der Waals surface area (Å²) in [5, 5.41) is 3.00. The second-order valence-electron chi connectivity index (χ2n) is 9.73. The second-order valence-corrected chi connectivity index (χ2v) is 11.6. The third-order valence-corrected chi connectivity index (χ3v) is 7.85. The molecule has 2 aromatic carbocycles. The molecule has 0 fully saturated rings. The van der Waals surface area contributed by atoms with E-state index in [9.17, 15) is 18.0 Å². The predicted octanol–water partition coefficient (Wildman–Crippen LogP) is 3.99. The Balaban J connectivity index is 1.76. The van der Waals surface area contributed by atoms with E-state index in [-0.39, 0.29) is 44.0 Å². The Bertz CT molecular complexity index is 1220. The molecule has 10 heteroatoms. The van der Waals surface area contributed by atoms with Gasteiger partial charge >= 0.3 is 0 Å². The summed E-state index contributed by atoms with van der Waals surface area (Å²) >= 11 is 0. The average molecular weight is 546 g/mol. The molecule has 2 aromatic rings. The molecule has 3 rings (SSSR count). The molecule has 1 N–H and O–H groups in total. The van der Waals surface area contributed by atoms with Gasteiger partial charge in [0.2, 0.25) is 28.6 Å². The number of fused-ring (bicyclic) bond motifs is 1. The third kappa shape index (κ3) is 7.63. The average Bonchev–Trinajstić information content (AvgIpc) is 3.34. The van der Waals surface area contributed by atoms with Crippen molar-refractivity contribution in [1.29, 1.82) is 0 Å². The predicted molar refractivity (Wildman–Crippen MR) is 148 cm³/mol. The van der Waals surface area contributed by atoms with E-state index in [1.807, 2.05) is 52.0 Å². The molecule has 208 valence electrons. The minimum absolute atomic E-state index is 0.00195. The monoisotopic (exact) mass is 545 g/mol. The molecule has 2 atom stereocenters. The quantitative estimate of drug-likeness (QED) is 0.408. The highest BCUT2D eigenvalue weighted by atomic mass is 32.2. The second kappa shape index (κ2) is 13.0. The summed E-state index contributed by atoms with van der Waals surface area (Å²) in [6, 6.07) is 12.2. The summed E-state index contributed by atoms with van der Waals surface area (Å²) < 4.78 is 37.2. The van der Waals surface area contributed by atoms with E-state index >= 15 is 0 Å². The molecule has 0 saturated carbocycles. The van der Waals surface area contributed by atoms with Gasteiger partial charge in [-0.25, -0.2) is 8.42 Å². The molecular weight excluding hydrogens is 506 g/mol. The Kier molecular flexibility index (Phi) is 10.0. The van der Waals surface area contributed by atoms with Gasteiger partial charge in [0, 0.05) is 31.6 Å². The highest BCUT2D eigenvalue weighted by molar-refractivity contribution is 7.92. The Hall–Kier alpha value is -3.27. The Labute approximate surface area is 226 Å². The van der Waals surface area contributed by atoms with Crippen molar-refractivity contribution in [3.63, 3.8) is 0 Å². The number of rotatable bonds is 13. The van der Waals surface area contributed by atoms with E-state index in [2.05, 4.69) is 5.32 Å². The van der Waals surface area contributed by atoms with Gasteiger partial charge in [-0.1, -0.05) is 43.7 Å². The molecule has 1 aliphatic heterocycles. The standard InChI is InChI=1S/C28H39N3O6S/c1-6-21(4)29-28(33)24(7-2)30(18-22-12-10-20(3)11-13-22)27(32)9-8-16-31(38(5,34)35)23-14-15-25-26(17-23)37-19-36-25/h10-15,17,21,24H,6-9,16,18-19H2,1-5H3,(H,29,33)/t21-,24+/m0/s1. The lowest BCUT2D eigenvalue weighted by Crippen LogP contribution is -2.50. The van der Waals surface area contributed by atoms with Gasteiger partial charge in [-0.2, -0.15) is 0 Å². The van der Waals surface area contributed by atoms with Crippen molar-refractivity contribution in [3.8, 4) is 11.5 Å². The Morgan fingerprint density at radius 3 is 2.34 bits per heavy atom. The van der Waals surface area contributed by atoms with Crippen LogP contribution in [0.3, 0.4) is 0 Å². The fraction of sp³-hybridized carbons (Fsp3) is 0.500. The molecule has 0 aromatic heterocycles. The summed E-state index contributed by atoms with van der Waals surface area (Å²) in [6.45, 7) is 8.31. The van der Waals surface area contributed by atoms with Crippen molar-refractivity contribution in [3.05, 3.63) is 53.6 Å². The van der Waals surface area contributed by atoms with E-state index in [4.69, 9.17) is 9.47 Å². The maximum absolute atomic E-state index is 13.5. The molecule has 0 unspecified atom stereocenters. The molecule has 0 spiro atoms. The first-order valence-corrected chi connectivity index (χ1v) is 14.9.